The van der Waals surface area contributed by atoms with Crippen LogP contribution in [0.2, 0.25) is 0 Å². The van der Waals surface area contributed by atoms with Crippen LogP contribution in [0.25, 0.3) is 0 Å². The van der Waals surface area contributed by atoms with Gasteiger partial charge in [-0.3, -0.25) is 0 Å². The molecule has 0 radical (unpaired) electrons. The lowest BCUT2D eigenvalue weighted by Crippen LogP contribution is -2.37. The van der Waals surface area contributed by atoms with E-state index in [2.05, 4.69) is 0 Å². The number of rotatable bonds is 1. The van der Waals surface area contributed by atoms with Crippen LogP contribution in [0.1, 0.15) is 25.7 Å². The highest BCUT2D eigenvalue weighted by Crippen LogP contribution is 2.41. The van der Waals surface area contributed by atoms with Crippen LogP contribution in [0.3, 0.4) is 0 Å². The highest BCUT2D eigenvalue weighted by molar-refractivity contribution is 5.64. The Labute approximate surface area is 72.4 Å². The molecule has 0 aromatic carbocycles. The molecule has 12 heavy (non-hydrogen) atoms. The molecule has 0 aromatic heterocycles. The molecule has 2 rings (SSSR count). The molecule has 2 fully saturated rings. The normalized spacial score (nSPS) is 25.8. The van der Waals surface area contributed by atoms with Gasteiger partial charge in [-0.05, 0) is 37.5 Å². The summed E-state index contributed by atoms with van der Waals surface area (Å²) in [6.45, 7) is 1.52. The van der Waals surface area contributed by atoms with Crippen LogP contribution in [0, 0.1) is 11.8 Å². The molecule has 0 aromatic rings. The molecule has 3 nitrogen and oxygen atoms in total. The summed E-state index contributed by atoms with van der Waals surface area (Å²) in [6, 6.07) is 0. The van der Waals surface area contributed by atoms with Gasteiger partial charge in [0.1, 0.15) is 0 Å². The molecule has 1 aliphatic carbocycles. The van der Waals surface area contributed by atoms with E-state index >= 15 is 0 Å². The summed E-state index contributed by atoms with van der Waals surface area (Å²) in [4.78, 5) is 12.1. The van der Waals surface area contributed by atoms with E-state index in [4.69, 9.17) is 5.11 Å². The summed E-state index contributed by atoms with van der Waals surface area (Å²) < 4.78 is 0. The standard InChI is InChI=1S/C9H15NO2/c11-9(12)10-5-3-8(4-6-10)7-1-2-7/h7-8H,1-6H2,(H,11,12). The van der Waals surface area contributed by atoms with E-state index < -0.39 is 6.09 Å². The fourth-order valence-electron chi connectivity index (χ4n) is 2.13. The minimum absolute atomic E-state index is 0.746. The quantitative estimate of drug-likeness (QED) is 0.650. The Morgan fingerprint density at radius 3 is 2.00 bits per heavy atom. The van der Waals surface area contributed by atoms with Crippen LogP contribution in [0.15, 0.2) is 0 Å². The van der Waals surface area contributed by atoms with Crippen LogP contribution in [0.4, 0.5) is 4.79 Å². The van der Waals surface area contributed by atoms with Crippen LogP contribution < -0.4 is 0 Å². The maximum absolute atomic E-state index is 10.6. The zero-order chi connectivity index (χ0) is 8.55. The maximum Gasteiger partial charge on any atom is 0.407 e. The van der Waals surface area contributed by atoms with Crippen LogP contribution >= 0.6 is 0 Å². The zero-order valence-corrected chi connectivity index (χ0v) is 7.20. The first kappa shape index (κ1) is 7.90. The average molecular weight is 169 g/mol. The van der Waals surface area contributed by atoms with E-state index in [1.807, 2.05) is 0 Å². The molecule has 1 aliphatic heterocycles. The number of carboxylic acid groups (broad SMARTS) is 1. The van der Waals surface area contributed by atoms with Crippen molar-refractivity contribution in [3.05, 3.63) is 0 Å². The second kappa shape index (κ2) is 2.96. The summed E-state index contributed by atoms with van der Waals surface area (Å²) >= 11 is 0. The van der Waals surface area contributed by atoms with E-state index in [0.29, 0.717) is 0 Å². The first-order valence-electron chi connectivity index (χ1n) is 4.75. The van der Waals surface area contributed by atoms with Gasteiger partial charge in [0.05, 0.1) is 0 Å². The van der Waals surface area contributed by atoms with E-state index in [-0.39, 0.29) is 0 Å². The first-order chi connectivity index (χ1) is 5.77. The topological polar surface area (TPSA) is 40.5 Å². The molecule has 0 spiro atoms. The maximum atomic E-state index is 10.6. The molecule has 3 heteroatoms. The number of hydrogen-bond donors (Lipinski definition) is 1. The molecule has 1 saturated carbocycles. The average Bonchev–Trinajstić information content (AvgIpc) is 2.87. The van der Waals surface area contributed by atoms with Crippen LogP contribution in [-0.2, 0) is 0 Å². The Kier molecular flexibility index (Phi) is 1.95. The largest absolute Gasteiger partial charge is 0.465 e. The van der Waals surface area contributed by atoms with Gasteiger partial charge in [-0.25, -0.2) is 4.79 Å². The highest BCUT2D eigenvalue weighted by atomic mass is 16.4. The van der Waals surface area contributed by atoms with Crippen molar-refractivity contribution in [3.63, 3.8) is 0 Å². The Bertz CT molecular complexity index is 181. The van der Waals surface area contributed by atoms with Gasteiger partial charge < -0.3 is 10.0 Å². The number of likely N-dealkylation sites (tertiary alicyclic amines) is 1. The van der Waals surface area contributed by atoms with Crippen molar-refractivity contribution in [3.8, 4) is 0 Å². The lowest BCUT2D eigenvalue weighted by molar-refractivity contribution is 0.121. The Hall–Kier alpha value is -0.730. The Morgan fingerprint density at radius 2 is 1.58 bits per heavy atom. The van der Waals surface area contributed by atoms with Crippen molar-refractivity contribution in [2.24, 2.45) is 11.8 Å². The summed E-state index contributed by atoms with van der Waals surface area (Å²) in [5.74, 6) is 1.78. The Morgan fingerprint density at radius 1 is 1.08 bits per heavy atom. The number of nitrogens with zero attached hydrogens (tertiary/aromatic N) is 1. The third kappa shape index (κ3) is 1.54. The molecule has 2 aliphatic rings. The molecular weight excluding hydrogens is 154 g/mol. The SMILES string of the molecule is O=C(O)N1CCC(C2CC2)CC1. The number of carbonyl (C=O) groups is 1. The minimum Gasteiger partial charge on any atom is -0.465 e. The summed E-state index contributed by atoms with van der Waals surface area (Å²) in [5, 5.41) is 8.70. The smallest absolute Gasteiger partial charge is 0.407 e. The second-order valence-corrected chi connectivity index (χ2v) is 3.94. The Balaban J connectivity index is 1.80. The summed E-state index contributed by atoms with van der Waals surface area (Å²) in [6.07, 6.45) is 4.22. The zero-order valence-electron chi connectivity index (χ0n) is 7.20. The second-order valence-electron chi connectivity index (χ2n) is 3.94. The molecule has 0 atom stereocenters. The van der Waals surface area contributed by atoms with Crippen molar-refractivity contribution >= 4 is 6.09 Å². The van der Waals surface area contributed by atoms with E-state index in [1.54, 1.807) is 4.90 Å². The van der Waals surface area contributed by atoms with Gasteiger partial charge in [0.25, 0.3) is 0 Å². The van der Waals surface area contributed by atoms with E-state index in [0.717, 1.165) is 37.8 Å². The van der Waals surface area contributed by atoms with Gasteiger partial charge in [0.2, 0.25) is 0 Å². The van der Waals surface area contributed by atoms with Gasteiger partial charge in [0.15, 0.2) is 0 Å². The first-order valence-corrected chi connectivity index (χ1v) is 4.75. The van der Waals surface area contributed by atoms with Crippen molar-refractivity contribution in [1.29, 1.82) is 0 Å². The molecule has 68 valence electrons. The van der Waals surface area contributed by atoms with E-state index in [1.165, 1.54) is 12.8 Å². The number of hydrogen-bond acceptors (Lipinski definition) is 1. The van der Waals surface area contributed by atoms with Crippen molar-refractivity contribution < 1.29 is 9.90 Å². The van der Waals surface area contributed by atoms with Crippen molar-refractivity contribution in [2.75, 3.05) is 13.1 Å². The fraction of sp³-hybridized carbons (Fsp3) is 0.889. The van der Waals surface area contributed by atoms with Gasteiger partial charge in [-0.1, -0.05) is 0 Å². The summed E-state index contributed by atoms with van der Waals surface area (Å²) in [7, 11) is 0. The monoisotopic (exact) mass is 169 g/mol. The molecule has 1 N–H and O–H groups in total. The number of amides is 1. The van der Waals surface area contributed by atoms with Gasteiger partial charge >= 0.3 is 6.09 Å². The lowest BCUT2D eigenvalue weighted by atomic mass is 9.92. The lowest BCUT2D eigenvalue weighted by Gasteiger charge is -2.29. The summed E-state index contributed by atoms with van der Waals surface area (Å²) in [5.41, 5.74) is 0. The third-order valence-corrected chi connectivity index (χ3v) is 3.10. The van der Waals surface area contributed by atoms with Crippen molar-refractivity contribution in [2.45, 2.75) is 25.7 Å². The molecule has 1 saturated heterocycles. The molecule has 0 unspecified atom stereocenters. The van der Waals surface area contributed by atoms with E-state index in [9.17, 15) is 4.79 Å². The fourth-order valence-corrected chi connectivity index (χ4v) is 2.13. The minimum atomic E-state index is -0.746. The molecule has 1 amide bonds. The molecule has 0 bridgehead atoms. The number of piperidine rings is 1. The third-order valence-electron chi connectivity index (χ3n) is 3.10. The van der Waals surface area contributed by atoms with Crippen molar-refractivity contribution in [1.82, 2.24) is 4.90 Å². The van der Waals surface area contributed by atoms with Gasteiger partial charge in [0, 0.05) is 13.1 Å². The van der Waals surface area contributed by atoms with Gasteiger partial charge in [-0.15, -0.1) is 0 Å². The molecule has 1 heterocycles. The highest BCUT2D eigenvalue weighted by Gasteiger charge is 2.34. The molecular formula is C9H15NO2. The predicted molar refractivity (Wildman–Crippen MR) is 45.0 cm³/mol. The van der Waals surface area contributed by atoms with Crippen LogP contribution in [-0.4, -0.2) is 29.2 Å². The predicted octanol–water partition coefficient (Wildman–Crippen LogP) is 1.79. The van der Waals surface area contributed by atoms with Crippen LogP contribution in [0.5, 0.6) is 0 Å². The van der Waals surface area contributed by atoms with Gasteiger partial charge in [-0.2, -0.15) is 0 Å².